The van der Waals surface area contributed by atoms with Gasteiger partial charge in [0.15, 0.2) is 0 Å². The fraction of sp³-hybridized carbons (Fsp3) is 0.956. The molecule has 0 saturated carbocycles. The van der Waals surface area contributed by atoms with E-state index < -0.39 is 12.2 Å². The van der Waals surface area contributed by atoms with Gasteiger partial charge in [0.1, 0.15) is 25.3 Å². The number of quaternary nitrogens is 2. The zero-order valence-corrected chi connectivity index (χ0v) is 37.1. The molecule has 0 aromatic heterocycles. The second-order valence-corrected chi connectivity index (χ2v) is 17.8. The Bertz CT molecular complexity index is 806. The van der Waals surface area contributed by atoms with E-state index in [2.05, 4.69) is 53.9 Å². The SMILES string of the molecule is CCCCCCCCCCCC(=O)OCCC[N+](C)(C)CC(O)CN(CCCCC)CC(O)C[N+](C)(C)CCCOC(=O)CCCCCCCCCCC. The van der Waals surface area contributed by atoms with Crippen molar-refractivity contribution in [1.82, 2.24) is 4.90 Å². The molecule has 0 amide bonds. The van der Waals surface area contributed by atoms with Gasteiger partial charge < -0.3 is 28.7 Å². The molecule has 0 bridgehead atoms. The molecule has 2 unspecified atom stereocenters. The molecule has 0 saturated heterocycles. The predicted molar refractivity (Wildman–Crippen MR) is 227 cm³/mol. The maximum Gasteiger partial charge on any atom is 0.305 e. The number of esters is 2. The molecule has 54 heavy (non-hydrogen) atoms. The van der Waals surface area contributed by atoms with Crippen LogP contribution in [0.5, 0.6) is 0 Å². The molecular weight excluding hydrogens is 679 g/mol. The first kappa shape index (κ1) is 52.7. The second-order valence-electron chi connectivity index (χ2n) is 17.8. The van der Waals surface area contributed by atoms with Crippen LogP contribution in [-0.2, 0) is 19.1 Å². The van der Waals surface area contributed by atoms with Gasteiger partial charge in [-0.25, -0.2) is 0 Å². The summed E-state index contributed by atoms with van der Waals surface area (Å²) in [6.45, 7) is 12.3. The summed E-state index contributed by atoms with van der Waals surface area (Å²) in [5, 5.41) is 22.3. The van der Waals surface area contributed by atoms with Crippen LogP contribution in [0.4, 0.5) is 0 Å². The molecule has 0 aromatic rings. The molecule has 0 aromatic carbocycles. The Morgan fingerprint density at radius 1 is 0.481 bits per heavy atom. The maximum atomic E-state index is 12.2. The van der Waals surface area contributed by atoms with Gasteiger partial charge in [-0.3, -0.25) is 14.5 Å². The van der Waals surface area contributed by atoms with Crippen LogP contribution in [-0.4, -0.2) is 135 Å². The molecule has 9 nitrogen and oxygen atoms in total. The molecule has 0 heterocycles. The Balaban J connectivity index is 4.39. The Morgan fingerprint density at radius 2 is 0.796 bits per heavy atom. The summed E-state index contributed by atoms with van der Waals surface area (Å²) in [6, 6.07) is 0. The highest BCUT2D eigenvalue weighted by Gasteiger charge is 2.26. The van der Waals surface area contributed by atoms with Crippen molar-refractivity contribution in [3.8, 4) is 0 Å². The van der Waals surface area contributed by atoms with E-state index in [1.54, 1.807) is 0 Å². The largest absolute Gasteiger partial charge is 0.465 e. The van der Waals surface area contributed by atoms with Crippen LogP contribution in [0.15, 0.2) is 0 Å². The minimum Gasteiger partial charge on any atom is -0.465 e. The molecule has 2 atom stereocenters. The highest BCUT2D eigenvalue weighted by molar-refractivity contribution is 5.69. The van der Waals surface area contributed by atoms with Crippen molar-refractivity contribution in [3.63, 3.8) is 0 Å². The summed E-state index contributed by atoms with van der Waals surface area (Å²) in [6.07, 6.45) is 27.1. The van der Waals surface area contributed by atoms with Crippen molar-refractivity contribution >= 4 is 11.9 Å². The third kappa shape index (κ3) is 35.2. The van der Waals surface area contributed by atoms with E-state index in [0.29, 0.717) is 61.2 Å². The molecule has 0 rings (SSSR count). The predicted octanol–water partition coefficient (Wildman–Crippen LogP) is 9.06. The van der Waals surface area contributed by atoms with Gasteiger partial charge in [0.2, 0.25) is 0 Å². The molecule has 322 valence electrons. The van der Waals surface area contributed by atoms with Gasteiger partial charge in [0.05, 0.1) is 54.5 Å². The number of ether oxygens (including phenoxy) is 2. The summed E-state index contributed by atoms with van der Waals surface area (Å²) < 4.78 is 12.3. The number of carbonyl (C=O) groups excluding carboxylic acids is 2. The molecule has 0 radical (unpaired) electrons. The summed E-state index contributed by atoms with van der Waals surface area (Å²) >= 11 is 0. The molecule has 9 heteroatoms. The summed E-state index contributed by atoms with van der Waals surface area (Å²) in [4.78, 5) is 26.7. The molecule has 2 N–H and O–H groups in total. The first-order valence-corrected chi connectivity index (χ1v) is 22.9. The maximum absolute atomic E-state index is 12.2. The number of nitrogens with zero attached hydrogens (tertiary/aromatic N) is 3. The van der Waals surface area contributed by atoms with Gasteiger partial charge in [-0.05, 0) is 25.8 Å². The fourth-order valence-electron chi connectivity index (χ4n) is 7.54. The number of likely N-dealkylation sites (N-methyl/N-ethyl adjacent to an activating group) is 2. The van der Waals surface area contributed by atoms with Crippen LogP contribution in [0, 0.1) is 0 Å². The van der Waals surface area contributed by atoms with E-state index in [9.17, 15) is 19.8 Å². The average Bonchev–Trinajstić information content (AvgIpc) is 3.10. The zero-order chi connectivity index (χ0) is 40.3. The first-order chi connectivity index (χ1) is 25.8. The van der Waals surface area contributed by atoms with Gasteiger partial charge in [0, 0.05) is 38.8 Å². The number of rotatable bonds is 40. The van der Waals surface area contributed by atoms with Crippen LogP contribution in [0.1, 0.15) is 181 Å². The Kier molecular flexibility index (Phi) is 34.1. The van der Waals surface area contributed by atoms with Crippen LogP contribution < -0.4 is 0 Å². The fourth-order valence-corrected chi connectivity index (χ4v) is 7.54. The van der Waals surface area contributed by atoms with E-state index in [0.717, 1.165) is 77.4 Å². The van der Waals surface area contributed by atoms with Crippen molar-refractivity contribution in [3.05, 3.63) is 0 Å². The van der Waals surface area contributed by atoms with E-state index in [4.69, 9.17) is 9.47 Å². The second kappa shape index (κ2) is 34.9. The van der Waals surface area contributed by atoms with Gasteiger partial charge in [0.25, 0.3) is 0 Å². The van der Waals surface area contributed by atoms with E-state index >= 15 is 0 Å². The van der Waals surface area contributed by atoms with E-state index in [1.807, 2.05) is 0 Å². The molecule has 0 aliphatic rings. The van der Waals surface area contributed by atoms with Crippen LogP contribution in [0.3, 0.4) is 0 Å². The first-order valence-electron chi connectivity index (χ1n) is 22.9. The van der Waals surface area contributed by atoms with Gasteiger partial charge in [-0.1, -0.05) is 136 Å². The highest BCUT2D eigenvalue weighted by atomic mass is 16.5. The standard InChI is InChI=1S/C45H93N3O6/c1-8-11-14-16-18-20-22-24-26-31-44(51)53-36-29-34-47(4,5)40-42(49)38-46(33-28-13-10-3)39-43(50)41-48(6,7)35-30-37-54-45(52)32-27-25-23-21-19-17-15-12-9-2/h42-43,49-50H,8-41H2,1-7H3/q+2. The Morgan fingerprint density at radius 3 is 1.15 bits per heavy atom. The Hall–Kier alpha value is -1.26. The lowest BCUT2D eigenvalue weighted by Gasteiger charge is -2.36. The highest BCUT2D eigenvalue weighted by Crippen LogP contribution is 2.13. The summed E-state index contributed by atoms with van der Waals surface area (Å²) in [7, 11) is 8.49. The minimum atomic E-state index is -0.518. The van der Waals surface area contributed by atoms with Gasteiger partial charge in [-0.2, -0.15) is 0 Å². The molecule has 0 aliphatic heterocycles. The van der Waals surface area contributed by atoms with Crippen molar-refractivity contribution in [2.45, 2.75) is 193 Å². The lowest BCUT2D eigenvalue weighted by molar-refractivity contribution is -0.893. The smallest absolute Gasteiger partial charge is 0.305 e. The summed E-state index contributed by atoms with van der Waals surface area (Å²) in [5.74, 6) is -0.177. The minimum absolute atomic E-state index is 0.0885. The van der Waals surface area contributed by atoms with Crippen molar-refractivity contribution in [2.75, 3.05) is 87.2 Å². The van der Waals surface area contributed by atoms with Crippen molar-refractivity contribution in [1.29, 1.82) is 0 Å². The number of hydrogen-bond acceptors (Lipinski definition) is 7. The van der Waals surface area contributed by atoms with Crippen LogP contribution >= 0.6 is 0 Å². The average molecular weight is 772 g/mol. The van der Waals surface area contributed by atoms with Crippen molar-refractivity contribution < 1.29 is 38.2 Å². The van der Waals surface area contributed by atoms with Crippen LogP contribution in [0.2, 0.25) is 0 Å². The number of carbonyl (C=O) groups is 2. The van der Waals surface area contributed by atoms with E-state index in [-0.39, 0.29) is 11.9 Å². The Labute approximate surface area is 335 Å². The quantitative estimate of drug-likeness (QED) is 0.0365. The number of aliphatic hydroxyl groups is 2. The lowest BCUT2D eigenvalue weighted by atomic mass is 10.1. The van der Waals surface area contributed by atoms with E-state index in [1.165, 1.54) is 89.9 Å². The summed E-state index contributed by atoms with van der Waals surface area (Å²) in [5.41, 5.74) is 0. The molecule has 0 aliphatic carbocycles. The van der Waals surface area contributed by atoms with Crippen molar-refractivity contribution in [2.24, 2.45) is 0 Å². The molecule has 0 spiro atoms. The lowest BCUT2D eigenvalue weighted by Crippen LogP contribution is -2.52. The third-order valence-corrected chi connectivity index (χ3v) is 10.7. The monoisotopic (exact) mass is 772 g/mol. The third-order valence-electron chi connectivity index (χ3n) is 10.7. The normalized spacial score (nSPS) is 13.4. The molecular formula is C45H93N3O6+2. The number of aliphatic hydroxyl groups excluding tert-OH is 2. The topological polar surface area (TPSA) is 96.3 Å². The molecule has 0 fully saturated rings. The van der Waals surface area contributed by atoms with Crippen LogP contribution in [0.25, 0.3) is 0 Å². The van der Waals surface area contributed by atoms with Gasteiger partial charge >= 0.3 is 11.9 Å². The van der Waals surface area contributed by atoms with Gasteiger partial charge in [-0.15, -0.1) is 0 Å². The zero-order valence-electron chi connectivity index (χ0n) is 37.1. The number of unbranched alkanes of at least 4 members (excludes halogenated alkanes) is 18. The number of hydrogen-bond donors (Lipinski definition) is 2.